The second kappa shape index (κ2) is 10.9. The Labute approximate surface area is 199 Å². The summed E-state index contributed by atoms with van der Waals surface area (Å²) < 4.78 is 31.3. The average Bonchev–Trinajstić information content (AvgIpc) is 3.11. The number of aryl methyl sites for hydroxylation is 2. The quantitative estimate of drug-likeness (QED) is 0.431. The lowest BCUT2D eigenvalue weighted by molar-refractivity contribution is 0.210. The summed E-state index contributed by atoms with van der Waals surface area (Å²) in [5.41, 5.74) is 3.38. The lowest BCUT2D eigenvalue weighted by Gasteiger charge is -2.28. The van der Waals surface area contributed by atoms with E-state index in [1.54, 1.807) is 16.8 Å². The van der Waals surface area contributed by atoms with E-state index in [2.05, 4.69) is 26.7 Å². The largest absolute Gasteiger partial charge is 0.306 e. The minimum atomic E-state index is -3.88. The van der Waals surface area contributed by atoms with Crippen molar-refractivity contribution < 1.29 is 8.42 Å². The van der Waals surface area contributed by atoms with Crippen molar-refractivity contribution in [2.75, 3.05) is 20.1 Å². The number of likely N-dealkylation sites (tertiary alicyclic amines) is 1. The van der Waals surface area contributed by atoms with Gasteiger partial charge in [-0.15, -0.1) is 5.11 Å². The maximum Gasteiger partial charge on any atom is 0.299 e. The van der Waals surface area contributed by atoms with Crippen LogP contribution < -0.4 is 0 Å². The molecule has 0 N–H and O–H groups in total. The summed E-state index contributed by atoms with van der Waals surface area (Å²) in [4.78, 5) is 2.57. The molecule has 1 aromatic carbocycles. The molecule has 0 aliphatic carbocycles. The van der Waals surface area contributed by atoms with Gasteiger partial charge >= 0.3 is 0 Å². The number of aromatic nitrogens is 2. The van der Waals surface area contributed by atoms with Crippen LogP contribution >= 0.6 is 0 Å². The summed E-state index contributed by atoms with van der Waals surface area (Å²) in [6.45, 7) is 10.5. The maximum atomic E-state index is 12.8. The van der Waals surface area contributed by atoms with Crippen molar-refractivity contribution in [3.05, 3.63) is 41.2 Å². The molecule has 2 aromatic rings. The van der Waals surface area contributed by atoms with E-state index in [0.717, 1.165) is 35.7 Å². The third-order valence-corrected chi connectivity index (χ3v) is 7.74. The summed E-state index contributed by atoms with van der Waals surface area (Å²) in [5, 5.41) is 8.74. The Morgan fingerprint density at radius 2 is 1.67 bits per heavy atom. The molecule has 1 saturated heterocycles. The highest BCUT2D eigenvalue weighted by molar-refractivity contribution is 7.90. The molecule has 1 fully saturated rings. The van der Waals surface area contributed by atoms with Gasteiger partial charge in [0, 0.05) is 7.05 Å². The van der Waals surface area contributed by atoms with Crippen LogP contribution in [0.4, 0.5) is 5.69 Å². The standard InChI is InChI=1S/C25H39N5O2S/c1-18(2)23-24(25(19(3)4)30(6)27-23)26-28-33(31,32)22-12-10-20(11-13-22)8-7-9-21-14-16-29(5)17-15-21/h10-13,18-19,21H,7-9,14-17H2,1-6H3. The highest BCUT2D eigenvalue weighted by Gasteiger charge is 2.22. The monoisotopic (exact) mass is 473 g/mol. The molecule has 8 heteroatoms. The van der Waals surface area contributed by atoms with Crippen LogP contribution in [0.25, 0.3) is 0 Å². The van der Waals surface area contributed by atoms with Crippen LogP contribution in [-0.2, 0) is 23.5 Å². The van der Waals surface area contributed by atoms with Crippen molar-refractivity contribution in [3.8, 4) is 0 Å². The molecule has 0 amide bonds. The Kier molecular flexibility index (Phi) is 8.45. The number of piperidine rings is 1. The fourth-order valence-electron chi connectivity index (χ4n) is 4.60. The molecule has 0 atom stereocenters. The first-order valence-electron chi connectivity index (χ1n) is 12.1. The highest BCUT2D eigenvalue weighted by atomic mass is 32.2. The van der Waals surface area contributed by atoms with Crippen molar-refractivity contribution in [1.82, 2.24) is 14.7 Å². The van der Waals surface area contributed by atoms with Crippen LogP contribution in [0.2, 0.25) is 0 Å². The van der Waals surface area contributed by atoms with Crippen molar-refractivity contribution >= 4 is 15.7 Å². The van der Waals surface area contributed by atoms with E-state index in [-0.39, 0.29) is 16.7 Å². The van der Waals surface area contributed by atoms with Gasteiger partial charge in [0.2, 0.25) is 0 Å². The molecule has 1 aliphatic rings. The van der Waals surface area contributed by atoms with E-state index in [1.165, 1.54) is 32.4 Å². The van der Waals surface area contributed by atoms with Crippen LogP contribution in [0.3, 0.4) is 0 Å². The molecule has 7 nitrogen and oxygen atoms in total. The van der Waals surface area contributed by atoms with Crippen LogP contribution in [0.1, 0.15) is 82.2 Å². The zero-order valence-electron chi connectivity index (χ0n) is 21.0. The van der Waals surface area contributed by atoms with Crippen LogP contribution in [0, 0.1) is 5.92 Å². The summed E-state index contributed by atoms with van der Waals surface area (Å²) in [6, 6.07) is 7.10. The number of rotatable bonds is 9. The van der Waals surface area contributed by atoms with Gasteiger partial charge in [-0.3, -0.25) is 4.68 Å². The third-order valence-electron chi connectivity index (χ3n) is 6.57. The Balaban J connectivity index is 1.67. The van der Waals surface area contributed by atoms with Gasteiger partial charge in [0.1, 0.15) is 5.69 Å². The van der Waals surface area contributed by atoms with Crippen molar-refractivity contribution in [3.63, 3.8) is 0 Å². The van der Waals surface area contributed by atoms with Gasteiger partial charge in [-0.2, -0.15) is 13.5 Å². The number of benzene rings is 1. The second-order valence-electron chi connectivity index (χ2n) is 9.99. The zero-order chi connectivity index (χ0) is 24.2. The highest BCUT2D eigenvalue weighted by Crippen LogP contribution is 2.35. The minimum absolute atomic E-state index is 0.120. The summed E-state index contributed by atoms with van der Waals surface area (Å²) in [6.07, 6.45) is 5.92. The molecule has 1 aromatic heterocycles. The predicted molar refractivity (Wildman–Crippen MR) is 133 cm³/mol. The average molecular weight is 474 g/mol. The van der Waals surface area contributed by atoms with E-state index >= 15 is 0 Å². The van der Waals surface area contributed by atoms with Crippen LogP contribution in [0.15, 0.2) is 38.8 Å². The SMILES string of the molecule is CC(C)c1nn(C)c(C(C)C)c1N=NS(=O)(=O)c1ccc(CCCC2CCN(C)CC2)cc1. The predicted octanol–water partition coefficient (Wildman–Crippen LogP) is 5.80. The second-order valence-corrected chi connectivity index (χ2v) is 11.6. The van der Waals surface area contributed by atoms with E-state index in [0.29, 0.717) is 5.69 Å². The maximum absolute atomic E-state index is 12.8. The van der Waals surface area contributed by atoms with Crippen LogP contribution in [-0.4, -0.2) is 43.2 Å². The molecule has 33 heavy (non-hydrogen) atoms. The normalized spacial score (nSPS) is 16.5. The smallest absolute Gasteiger partial charge is 0.299 e. The van der Waals surface area contributed by atoms with E-state index in [1.807, 2.05) is 46.9 Å². The molecule has 182 valence electrons. The Bertz CT molecular complexity index is 1050. The van der Waals surface area contributed by atoms with Crippen LogP contribution in [0.5, 0.6) is 0 Å². The minimum Gasteiger partial charge on any atom is -0.306 e. The van der Waals surface area contributed by atoms with Crippen molar-refractivity contribution in [2.24, 2.45) is 22.6 Å². The lowest BCUT2D eigenvalue weighted by Crippen LogP contribution is -2.30. The molecule has 0 radical (unpaired) electrons. The van der Waals surface area contributed by atoms with Gasteiger partial charge in [-0.25, -0.2) is 0 Å². The van der Waals surface area contributed by atoms with Gasteiger partial charge < -0.3 is 4.90 Å². The van der Waals surface area contributed by atoms with Crippen molar-refractivity contribution in [1.29, 1.82) is 0 Å². The van der Waals surface area contributed by atoms with E-state index < -0.39 is 10.0 Å². The molecule has 3 rings (SSSR count). The third kappa shape index (κ3) is 6.51. The Morgan fingerprint density at radius 3 is 2.24 bits per heavy atom. The molecule has 0 unspecified atom stereocenters. The van der Waals surface area contributed by atoms with Gasteiger partial charge in [-0.1, -0.05) is 50.8 Å². The van der Waals surface area contributed by atoms with Gasteiger partial charge in [0.05, 0.1) is 16.3 Å². The Hall–Kier alpha value is -2.06. The van der Waals surface area contributed by atoms with Gasteiger partial charge in [0.15, 0.2) is 0 Å². The summed E-state index contributed by atoms with van der Waals surface area (Å²) in [7, 11) is 0.173. The zero-order valence-corrected chi connectivity index (χ0v) is 21.8. The fraction of sp³-hybridized carbons (Fsp3) is 0.640. The molecule has 2 heterocycles. The first-order chi connectivity index (χ1) is 15.6. The molecule has 0 bridgehead atoms. The molecule has 0 saturated carbocycles. The molecule has 0 spiro atoms. The molecular formula is C25H39N5O2S. The summed E-state index contributed by atoms with van der Waals surface area (Å²) >= 11 is 0. The van der Waals surface area contributed by atoms with Crippen molar-refractivity contribution in [2.45, 2.75) is 76.5 Å². The number of sulfonamides is 1. The van der Waals surface area contributed by atoms with E-state index in [4.69, 9.17) is 0 Å². The first kappa shape index (κ1) is 25.6. The fourth-order valence-corrected chi connectivity index (χ4v) is 5.36. The summed E-state index contributed by atoms with van der Waals surface area (Å²) in [5.74, 6) is 1.09. The van der Waals surface area contributed by atoms with E-state index in [9.17, 15) is 8.42 Å². The van der Waals surface area contributed by atoms with Gasteiger partial charge in [-0.05, 0) is 81.3 Å². The topological polar surface area (TPSA) is 79.9 Å². The molecule has 1 aliphatic heterocycles. The molecular weight excluding hydrogens is 434 g/mol. The number of nitrogens with zero attached hydrogens (tertiary/aromatic N) is 5. The van der Waals surface area contributed by atoms with Gasteiger partial charge in [0.25, 0.3) is 10.0 Å². The number of hydrogen-bond donors (Lipinski definition) is 0. The lowest BCUT2D eigenvalue weighted by atomic mass is 9.91. The Morgan fingerprint density at radius 1 is 1.03 bits per heavy atom. The number of hydrogen-bond acceptors (Lipinski definition) is 5. The first-order valence-corrected chi connectivity index (χ1v) is 13.5.